The van der Waals surface area contributed by atoms with Gasteiger partial charge in [0.05, 0.1) is 10.7 Å². The van der Waals surface area contributed by atoms with Crippen molar-refractivity contribution in [1.82, 2.24) is 4.98 Å². The molecule has 0 saturated carbocycles. The molecule has 0 bridgehead atoms. The van der Waals surface area contributed by atoms with Crippen LogP contribution in [0.1, 0.15) is 16.1 Å². The van der Waals surface area contributed by atoms with Crippen LogP contribution in [0.15, 0.2) is 50.9 Å². The van der Waals surface area contributed by atoms with Gasteiger partial charge in [0.25, 0.3) is 0 Å². The zero-order valence-electron chi connectivity index (χ0n) is 9.04. The van der Waals surface area contributed by atoms with E-state index in [1.807, 2.05) is 0 Å². The van der Waals surface area contributed by atoms with Gasteiger partial charge in [-0.05, 0) is 34.1 Å². The molecule has 0 aliphatic carbocycles. The molecule has 2 N–H and O–H groups in total. The maximum absolute atomic E-state index is 11.5. The summed E-state index contributed by atoms with van der Waals surface area (Å²) in [6, 6.07) is 4.97. The van der Waals surface area contributed by atoms with E-state index in [4.69, 9.17) is 10.2 Å². The van der Waals surface area contributed by atoms with Crippen molar-refractivity contribution in [2.75, 3.05) is 0 Å². The molecule has 0 saturated heterocycles. The van der Waals surface area contributed by atoms with E-state index in [1.54, 1.807) is 24.4 Å². The second-order valence-corrected chi connectivity index (χ2v) is 4.05. The fourth-order valence-corrected chi connectivity index (χ4v) is 1.50. The van der Waals surface area contributed by atoms with Gasteiger partial charge in [-0.25, -0.2) is 4.79 Å². The number of pyridine rings is 1. The topological polar surface area (TPSA) is 90.7 Å². The molecule has 0 amide bonds. The van der Waals surface area contributed by atoms with Crippen molar-refractivity contribution in [1.29, 1.82) is 0 Å². The Morgan fingerprint density at radius 3 is 2.94 bits per heavy atom. The number of rotatable bonds is 3. The molecule has 0 radical (unpaired) electrons. The highest BCUT2D eigenvalue weighted by Gasteiger charge is 2.15. The third-order valence-electron chi connectivity index (χ3n) is 1.99. The molecule has 0 spiro atoms. The smallest absolute Gasteiger partial charge is 0.401 e. The molecule has 0 unspecified atom stereocenters. The molecule has 2 aromatic rings. The first-order valence-electron chi connectivity index (χ1n) is 4.86. The van der Waals surface area contributed by atoms with Gasteiger partial charge in [0, 0.05) is 18.0 Å². The summed E-state index contributed by atoms with van der Waals surface area (Å²) in [5.74, 6) is -0.657. The Labute approximate surface area is 111 Å². The fourth-order valence-electron chi connectivity index (χ4n) is 1.14. The zero-order chi connectivity index (χ0) is 13.0. The number of hydrogen-bond acceptors (Lipinski definition) is 5. The highest BCUT2D eigenvalue weighted by molar-refractivity contribution is 9.10. The lowest BCUT2D eigenvalue weighted by Crippen LogP contribution is -2.15. The molecule has 2 heterocycles. The molecule has 0 fully saturated rings. The molecule has 18 heavy (non-hydrogen) atoms. The summed E-state index contributed by atoms with van der Waals surface area (Å²) in [6.45, 7) is 0. The van der Waals surface area contributed by atoms with Crippen molar-refractivity contribution in [2.24, 2.45) is 10.9 Å². The van der Waals surface area contributed by atoms with Crippen molar-refractivity contribution in [3.05, 3.63) is 52.7 Å². The summed E-state index contributed by atoms with van der Waals surface area (Å²) in [5.41, 5.74) is 6.18. The number of carbonyl (C=O) groups excluding carboxylic acids is 1. The third kappa shape index (κ3) is 2.75. The van der Waals surface area contributed by atoms with Crippen LogP contribution in [0, 0.1) is 0 Å². The van der Waals surface area contributed by atoms with E-state index in [9.17, 15) is 4.79 Å². The number of carbonyl (C=O) groups is 1. The van der Waals surface area contributed by atoms with Gasteiger partial charge in [-0.3, -0.25) is 4.98 Å². The zero-order valence-corrected chi connectivity index (χ0v) is 10.6. The van der Waals surface area contributed by atoms with Crippen molar-refractivity contribution in [3.8, 4) is 0 Å². The van der Waals surface area contributed by atoms with Crippen molar-refractivity contribution in [2.45, 2.75) is 0 Å². The van der Waals surface area contributed by atoms with Crippen molar-refractivity contribution >= 4 is 27.7 Å². The summed E-state index contributed by atoms with van der Waals surface area (Å²) in [6.07, 6.45) is 4.47. The number of nitrogens with two attached hydrogens (primary N) is 1. The lowest BCUT2D eigenvalue weighted by Gasteiger charge is -1.99. The van der Waals surface area contributed by atoms with E-state index in [2.05, 4.69) is 30.9 Å². The van der Waals surface area contributed by atoms with Gasteiger partial charge in [0.1, 0.15) is 0 Å². The SMILES string of the molecule is N/C(=N/OC(=O)c1occc1Br)c1cccnc1. The number of furan rings is 1. The first-order chi connectivity index (χ1) is 8.68. The van der Waals surface area contributed by atoms with Gasteiger partial charge >= 0.3 is 5.97 Å². The van der Waals surface area contributed by atoms with Crippen molar-refractivity contribution < 1.29 is 14.0 Å². The van der Waals surface area contributed by atoms with Gasteiger partial charge in [-0.15, -0.1) is 0 Å². The van der Waals surface area contributed by atoms with Crippen LogP contribution in [-0.2, 0) is 4.84 Å². The summed E-state index contributed by atoms with van der Waals surface area (Å²) < 4.78 is 5.41. The molecule has 0 atom stereocenters. The lowest BCUT2D eigenvalue weighted by atomic mass is 10.3. The number of amidine groups is 1. The Kier molecular flexibility index (Phi) is 3.73. The normalized spacial score (nSPS) is 11.3. The van der Waals surface area contributed by atoms with E-state index in [0.717, 1.165) is 0 Å². The Balaban J connectivity index is 2.08. The Hall–Kier alpha value is -2.15. The van der Waals surface area contributed by atoms with Crippen LogP contribution in [-0.4, -0.2) is 16.8 Å². The van der Waals surface area contributed by atoms with Gasteiger partial charge in [-0.1, -0.05) is 5.16 Å². The van der Waals surface area contributed by atoms with Crippen LogP contribution in [0.3, 0.4) is 0 Å². The van der Waals surface area contributed by atoms with Gasteiger partial charge < -0.3 is 15.0 Å². The Morgan fingerprint density at radius 1 is 1.50 bits per heavy atom. The standard InChI is InChI=1S/C11H8BrN3O3/c12-8-3-5-17-9(8)11(16)18-15-10(13)7-2-1-4-14-6-7/h1-6H,(H2,13,15). The first kappa shape index (κ1) is 12.3. The number of nitrogens with zero attached hydrogens (tertiary/aromatic N) is 2. The van der Waals surface area contributed by atoms with Gasteiger partial charge in [0.2, 0.25) is 5.76 Å². The fraction of sp³-hybridized carbons (Fsp3) is 0. The molecule has 7 heteroatoms. The van der Waals surface area contributed by atoms with Gasteiger partial charge in [-0.2, -0.15) is 0 Å². The second-order valence-electron chi connectivity index (χ2n) is 3.19. The summed E-state index contributed by atoms with van der Waals surface area (Å²) in [4.78, 5) is 20.1. The average Bonchev–Trinajstić information content (AvgIpc) is 2.83. The maximum atomic E-state index is 11.5. The third-order valence-corrected chi connectivity index (χ3v) is 2.61. The monoisotopic (exact) mass is 309 g/mol. The van der Waals surface area contributed by atoms with E-state index < -0.39 is 5.97 Å². The number of oxime groups is 1. The average molecular weight is 310 g/mol. The predicted molar refractivity (Wildman–Crippen MR) is 66.8 cm³/mol. The van der Waals surface area contributed by atoms with Gasteiger partial charge in [0.15, 0.2) is 5.84 Å². The minimum Gasteiger partial charge on any atom is -0.456 e. The molecular formula is C11H8BrN3O3. The lowest BCUT2D eigenvalue weighted by molar-refractivity contribution is 0.0478. The van der Waals surface area contributed by atoms with Crippen LogP contribution in [0.4, 0.5) is 0 Å². The van der Waals surface area contributed by atoms with Crippen LogP contribution < -0.4 is 5.73 Å². The molecule has 0 aromatic carbocycles. The highest BCUT2D eigenvalue weighted by Crippen LogP contribution is 2.18. The van der Waals surface area contributed by atoms with E-state index in [0.29, 0.717) is 10.0 Å². The molecule has 0 aliphatic heterocycles. The van der Waals surface area contributed by atoms with E-state index in [-0.39, 0.29) is 11.6 Å². The number of halogens is 1. The summed E-state index contributed by atoms with van der Waals surface area (Å²) >= 11 is 3.13. The second kappa shape index (κ2) is 5.46. The molecule has 6 nitrogen and oxygen atoms in total. The summed E-state index contributed by atoms with van der Waals surface area (Å²) in [7, 11) is 0. The number of aromatic nitrogens is 1. The Morgan fingerprint density at radius 2 is 2.33 bits per heavy atom. The molecule has 92 valence electrons. The van der Waals surface area contributed by atoms with Crippen LogP contribution in [0.5, 0.6) is 0 Å². The quantitative estimate of drug-likeness (QED) is 0.405. The van der Waals surface area contributed by atoms with E-state index in [1.165, 1.54) is 12.5 Å². The first-order valence-corrected chi connectivity index (χ1v) is 5.66. The van der Waals surface area contributed by atoms with Crippen LogP contribution >= 0.6 is 15.9 Å². The molecular weight excluding hydrogens is 302 g/mol. The largest absolute Gasteiger partial charge is 0.456 e. The van der Waals surface area contributed by atoms with Crippen LogP contribution in [0.2, 0.25) is 0 Å². The predicted octanol–water partition coefficient (Wildman–Crippen LogP) is 1.91. The highest BCUT2D eigenvalue weighted by atomic mass is 79.9. The summed E-state index contributed by atoms with van der Waals surface area (Å²) in [5, 5.41) is 3.52. The molecule has 2 aromatic heterocycles. The number of hydrogen-bond donors (Lipinski definition) is 1. The molecule has 2 rings (SSSR count). The molecule has 0 aliphatic rings. The van der Waals surface area contributed by atoms with Crippen molar-refractivity contribution in [3.63, 3.8) is 0 Å². The minimum absolute atomic E-state index is 0.0257. The maximum Gasteiger partial charge on any atom is 0.401 e. The van der Waals surface area contributed by atoms with Crippen LogP contribution in [0.25, 0.3) is 0 Å². The van der Waals surface area contributed by atoms with E-state index >= 15 is 0 Å². The Bertz CT molecular complexity index is 580. The minimum atomic E-state index is -0.737.